The van der Waals surface area contributed by atoms with Crippen molar-refractivity contribution < 1.29 is 13.9 Å². The van der Waals surface area contributed by atoms with Crippen molar-refractivity contribution in [1.29, 1.82) is 0 Å². The van der Waals surface area contributed by atoms with Gasteiger partial charge in [-0.1, -0.05) is 18.2 Å². The fourth-order valence-corrected chi connectivity index (χ4v) is 3.67. The van der Waals surface area contributed by atoms with Gasteiger partial charge in [0.25, 0.3) is 0 Å². The molecule has 1 fully saturated rings. The molecule has 0 bridgehead atoms. The lowest BCUT2D eigenvalue weighted by atomic mass is 10.2. The average molecular weight is 405 g/mol. The standard InChI is InChI=1S/C24H27N3O3/c1-2-29-21-10-8-19(9-11-21)22-18-25-23(30-22)12-13-24(28)27-16-14-26(15-17-27)20-6-4-3-5-7-20/h3-11,18H,2,12-17H2,1H3. The number of para-hydroxylation sites is 1. The summed E-state index contributed by atoms with van der Waals surface area (Å²) in [6.07, 6.45) is 2.64. The highest BCUT2D eigenvalue weighted by Gasteiger charge is 2.21. The lowest BCUT2D eigenvalue weighted by molar-refractivity contribution is -0.131. The Hall–Kier alpha value is -3.28. The third kappa shape index (κ3) is 4.82. The summed E-state index contributed by atoms with van der Waals surface area (Å²) in [5.74, 6) is 2.29. The van der Waals surface area contributed by atoms with Crippen LogP contribution in [0.25, 0.3) is 11.3 Å². The van der Waals surface area contributed by atoms with E-state index in [2.05, 4.69) is 22.0 Å². The highest BCUT2D eigenvalue weighted by molar-refractivity contribution is 5.76. The molecule has 0 saturated carbocycles. The monoisotopic (exact) mass is 405 g/mol. The van der Waals surface area contributed by atoms with E-state index in [1.54, 1.807) is 6.20 Å². The van der Waals surface area contributed by atoms with Crippen LogP contribution in [0.4, 0.5) is 5.69 Å². The highest BCUT2D eigenvalue weighted by Crippen LogP contribution is 2.24. The molecule has 0 atom stereocenters. The Bertz CT molecular complexity index is 945. The minimum Gasteiger partial charge on any atom is -0.494 e. The van der Waals surface area contributed by atoms with Gasteiger partial charge < -0.3 is 19.0 Å². The fraction of sp³-hybridized carbons (Fsp3) is 0.333. The molecule has 0 aliphatic carbocycles. The third-order valence-electron chi connectivity index (χ3n) is 5.31. The molecule has 6 nitrogen and oxygen atoms in total. The molecule has 156 valence electrons. The van der Waals surface area contributed by atoms with Crippen LogP contribution < -0.4 is 9.64 Å². The zero-order valence-electron chi connectivity index (χ0n) is 17.3. The molecule has 0 N–H and O–H groups in total. The molecule has 2 aromatic carbocycles. The first-order valence-electron chi connectivity index (χ1n) is 10.5. The number of hydrogen-bond donors (Lipinski definition) is 0. The van der Waals surface area contributed by atoms with Crippen LogP contribution in [-0.2, 0) is 11.2 Å². The number of amides is 1. The number of carbonyl (C=O) groups is 1. The van der Waals surface area contributed by atoms with Crippen molar-refractivity contribution >= 4 is 11.6 Å². The van der Waals surface area contributed by atoms with Crippen molar-refractivity contribution in [2.45, 2.75) is 19.8 Å². The number of aryl methyl sites for hydroxylation is 1. The summed E-state index contributed by atoms with van der Waals surface area (Å²) in [5.41, 5.74) is 2.16. The molecule has 0 spiro atoms. The third-order valence-corrected chi connectivity index (χ3v) is 5.31. The molecule has 1 aromatic heterocycles. The fourth-order valence-electron chi connectivity index (χ4n) is 3.67. The Kier molecular flexibility index (Phi) is 6.32. The van der Waals surface area contributed by atoms with Gasteiger partial charge in [0.05, 0.1) is 12.8 Å². The number of aromatic nitrogens is 1. The predicted octanol–water partition coefficient (Wildman–Crippen LogP) is 4.02. The van der Waals surface area contributed by atoms with Crippen molar-refractivity contribution in [2.75, 3.05) is 37.7 Å². The smallest absolute Gasteiger partial charge is 0.223 e. The number of hydrogen-bond acceptors (Lipinski definition) is 5. The quantitative estimate of drug-likeness (QED) is 0.594. The van der Waals surface area contributed by atoms with E-state index in [4.69, 9.17) is 9.15 Å². The van der Waals surface area contributed by atoms with Crippen molar-refractivity contribution in [3.8, 4) is 17.1 Å². The van der Waals surface area contributed by atoms with Gasteiger partial charge in [0.15, 0.2) is 11.7 Å². The maximum absolute atomic E-state index is 12.6. The molecule has 2 heterocycles. The van der Waals surface area contributed by atoms with Crippen LogP contribution in [0.15, 0.2) is 65.2 Å². The Labute approximate surface area is 177 Å². The second kappa shape index (κ2) is 9.48. The van der Waals surface area contributed by atoms with Crippen molar-refractivity contribution in [3.05, 3.63) is 66.7 Å². The van der Waals surface area contributed by atoms with Crippen LogP contribution in [0.5, 0.6) is 5.75 Å². The summed E-state index contributed by atoms with van der Waals surface area (Å²) in [7, 11) is 0. The van der Waals surface area contributed by atoms with Gasteiger partial charge >= 0.3 is 0 Å². The minimum atomic E-state index is 0.156. The zero-order chi connectivity index (χ0) is 20.8. The first-order valence-corrected chi connectivity index (χ1v) is 10.5. The van der Waals surface area contributed by atoms with Gasteiger partial charge in [-0.25, -0.2) is 4.98 Å². The zero-order valence-corrected chi connectivity index (χ0v) is 17.3. The van der Waals surface area contributed by atoms with Crippen molar-refractivity contribution in [1.82, 2.24) is 9.88 Å². The summed E-state index contributed by atoms with van der Waals surface area (Å²) in [6.45, 7) is 5.81. The minimum absolute atomic E-state index is 0.156. The number of rotatable bonds is 7. The molecule has 0 unspecified atom stereocenters. The molecule has 0 radical (unpaired) electrons. The Morgan fingerprint density at radius 1 is 1.03 bits per heavy atom. The Balaban J connectivity index is 1.26. The van der Waals surface area contributed by atoms with Crippen LogP contribution in [0.1, 0.15) is 19.2 Å². The molecule has 1 aliphatic heterocycles. The molecule has 3 aromatic rings. The van der Waals surface area contributed by atoms with E-state index in [0.717, 1.165) is 37.5 Å². The van der Waals surface area contributed by atoms with Crippen LogP contribution in [-0.4, -0.2) is 48.6 Å². The van der Waals surface area contributed by atoms with Gasteiger partial charge in [-0.15, -0.1) is 0 Å². The van der Waals surface area contributed by atoms with E-state index in [1.165, 1.54) is 5.69 Å². The van der Waals surface area contributed by atoms with Gasteiger partial charge in [0, 0.05) is 50.3 Å². The van der Waals surface area contributed by atoms with Gasteiger partial charge in [-0.05, 0) is 43.3 Å². The largest absolute Gasteiger partial charge is 0.494 e. The molecule has 1 aliphatic rings. The Morgan fingerprint density at radius 3 is 2.47 bits per heavy atom. The van der Waals surface area contributed by atoms with Gasteiger partial charge in [-0.3, -0.25) is 4.79 Å². The summed E-state index contributed by atoms with van der Waals surface area (Å²) in [5, 5.41) is 0. The second-order valence-electron chi connectivity index (χ2n) is 7.28. The SMILES string of the molecule is CCOc1ccc(-c2cnc(CCC(=O)N3CCN(c4ccccc4)CC3)o2)cc1. The summed E-state index contributed by atoms with van der Waals surface area (Å²) >= 11 is 0. The number of anilines is 1. The number of benzene rings is 2. The number of oxazole rings is 1. The molecular formula is C24H27N3O3. The van der Waals surface area contributed by atoms with Gasteiger partial charge in [-0.2, -0.15) is 0 Å². The molecule has 6 heteroatoms. The topological polar surface area (TPSA) is 58.8 Å². The van der Waals surface area contributed by atoms with Crippen LogP contribution in [0.2, 0.25) is 0 Å². The molecule has 1 amide bonds. The van der Waals surface area contributed by atoms with Crippen molar-refractivity contribution in [3.63, 3.8) is 0 Å². The normalized spacial score (nSPS) is 14.0. The molecule has 1 saturated heterocycles. The van der Waals surface area contributed by atoms with Gasteiger partial charge in [0.2, 0.25) is 5.91 Å². The number of piperazine rings is 1. The maximum Gasteiger partial charge on any atom is 0.223 e. The summed E-state index contributed by atoms with van der Waals surface area (Å²) < 4.78 is 11.3. The molecule has 4 rings (SSSR count). The Morgan fingerprint density at radius 2 is 1.77 bits per heavy atom. The first-order chi connectivity index (χ1) is 14.7. The highest BCUT2D eigenvalue weighted by atomic mass is 16.5. The van der Waals surface area contributed by atoms with E-state index < -0.39 is 0 Å². The second-order valence-corrected chi connectivity index (χ2v) is 7.28. The molecular weight excluding hydrogens is 378 g/mol. The first kappa shape index (κ1) is 20.0. The predicted molar refractivity (Wildman–Crippen MR) is 117 cm³/mol. The maximum atomic E-state index is 12.6. The molecule has 30 heavy (non-hydrogen) atoms. The summed E-state index contributed by atoms with van der Waals surface area (Å²) in [6, 6.07) is 18.1. The van der Waals surface area contributed by atoms with E-state index >= 15 is 0 Å². The lowest BCUT2D eigenvalue weighted by Gasteiger charge is -2.36. The summed E-state index contributed by atoms with van der Waals surface area (Å²) in [4.78, 5) is 21.2. The van der Waals surface area contributed by atoms with E-state index in [9.17, 15) is 4.79 Å². The van der Waals surface area contributed by atoms with Crippen LogP contribution >= 0.6 is 0 Å². The van der Waals surface area contributed by atoms with Crippen LogP contribution in [0.3, 0.4) is 0 Å². The van der Waals surface area contributed by atoms with Gasteiger partial charge in [0.1, 0.15) is 5.75 Å². The number of carbonyl (C=O) groups excluding carboxylic acids is 1. The van der Waals surface area contributed by atoms with E-state index in [1.807, 2.05) is 54.3 Å². The van der Waals surface area contributed by atoms with E-state index in [0.29, 0.717) is 31.1 Å². The van der Waals surface area contributed by atoms with E-state index in [-0.39, 0.29) is 5.91 Å². The average Bonchev–Trinajstić information content (AvgIpc) is 3.28. The lowest BCUT2D eigenvalue weighted by Crippen LogP contribution is -2.48. The van der Waals surface area contributed by atoms with Crippen molar-refractivity contribution in [2.24, 2.45) is 0 Å². The number of ether oxygens (including phenoxy) is 1. The number of nitrogens with zero attached hydrogens (tertiary/aromatic N) is 3. The van der Waals surface area contributed by atoms with Crippen LogP contribution in [0, 0.1) is 0 Å².